The van der Waals surface area contributed by atoms with E-state index in [1.807, 2.05) is 6.07 Å². The molecule has 3 nitrogen and oxygen atoms in total. The SMILES string of the molecule is CC(N=C1CCCc2cccc(O)c21)C1CCCN1. The lowest BCUT2D eigenvalue weighted by Gasteiger charge is -2.22. The van der Waals surface area contributed by atoms with Gasteiger partial charge < -0.3 is 10.4 Å². The molecule has 1 aromatic carbocycles. The lowest BCUT2D eigenvalue weighted by atomic mass is 9.89. The third-order valence-electron chi connectivity index (χ3n) is 4.32. The van der Waals surface area contributed by atoms with Crippen LogP contribution in [0.2, 0.25) is 0 Å². The van der Waals surface area contributed by atoms with Gasteiger partial charge in [-0.25, -0.2) is 0 Å². The molecule has 3 heteroatoms. The molecule has 102 valence electrons. The molecule has 2 unspecified atom stereocenters. The molecule has 0 saturated carbocycles. The first-order valence-corrected chi connectivity index (χ1v) is 7.37. The number of benzene rings is 1. The van der Waals surface area contributed by atoms with Crippen LogP contribution in [0.3, 0.4) is 0 Å². The molecule has 19 heavy (non-hydrogen) atoms. The number of phenols is 1. The average Bonchev–Trinajstić information content (AvgIpc) is 2.93. The van der Waals surface area contributed by atoms with Gasteiger partial charge in [0.15, 0.2) is 0 Å². The number of rotatable bonds is 2. The van der Waals surface area contributed by atoms with Gasteiger partial charge in [0.2, 0.25) is 0 Å². The van der Waals surface area contributed by atoms with Crippen LogP contribution >= 0.6 is 0 Å². The minimum absolute atomic E-state index is 0.294. The molecule has 1 fully saturated rings. The molecule has 3 rings (SSSR count). The van der Waals surface area contributed by atoms with Crippen LogP contribution in [0, 0.1) is 0 Å². The highest BCUT2D eigenvalue weighted by molar-refractivity contribution is 6.05. The van der Waals surface area contributed by atoms with Gasteiger partial charge in [-0.1, -0.05) is 12.1 Å². The van der Waals surface area contributed by atoms with E-state index in [2.05, 4.69) is 18.3 Å². The molecule has 1 aromatic rings. The zero-order valence-electron chi connectivity index (χ0n) is 11.5. The van der Waals surface area contributed by atoms with E-state index < -0.39 is 0 Å². The van der Waals surface area contributed by atoms with Crippen molar-refractivity contribution in [2.75, 3.05) is 6.54 Å². The van der Waals surface area contributed by atoms with E-state index >= 15 is 0 Å². The zero-order valence-corrected chi connectivity index (χ0v) is 11.5. The summed E-state index contributed by atoms with van der Waals surface area (Å²) in [5, 5.41) is 13.6. The van der Waals surface area contributed by atoms with E-state index in [0.29, 0.717) is 17.8 Å². The highest BCUT2D eigenvalue weighted by Crippen LogP contribution is 2.29. The maximum Gasteiger partial charge on any atom is 0.124 e. The van der Waals surface area contributed by atoms with Crippen LogP contribution in [0.4, 0.5) is 0 Å². The van der Waals surface area contributed by atoms with Gasteiger partial charge in [-0.05, 0) is 57.2 Å². The van der Waals surface area contributed by atoms with Crippen molar-refractivity contribution in [2.45, 2.75) is 51.1 Å². The fraction of sp³-hybridized carbons (Fsp3) is 0.562. The van der Waals surface area contributed by atoms with E-state index in [4.69, 9.17) is 4.99 Å². The molecule has 1 saturated heterocycles. The third kappa shape index (κ3) is 2.52. The van der Waals surface area contributed by atoms with Gasteiger partial charge in [0.05, 0.1) is 6.04 Å². The summed E-state index contributed by atoms with van der Waals surface area (Å²) >= 11 is 0. The Morgan fingerprint density at radius 1 is 1.32 bits per heavy atom. The topological polar surface area (TPSA) is 44.6 Å². The summed E-state index contributed by atoms with van der Waals surface area (Å²) in [5.74, 6) is 0.391. The molecular formula is C16H22N2O. The highest BCUT2D eigenvalue weighted by Gasteiger charge is 2.23. The molecule has 2 aliphatic rings. The van der Waals surface area contributed by atoms with Gasteiger partial charge in [0, 0.05) is 17.3 Å². The normalized spacial score (nSPS) is 26.4. The molecule has 1 aliphatic heterocycles. The highest BCUT2D eigenvalue weighted by atomic mass is 16.3. The lowest BCUT2D eigenvalue weighted by molar-refractivity contribution is 0.471. The molecule has 1 heterocycles. The number of nitrogens with one attached hydrogen (secondary N) is 1. The Balaban J connectivity index is 1.90. The minimum atomic E-state index is 0.294. The Kier molecular flexibility index (Phi) is 3.56. The molecule has 0 radical (unpaired) electrons. The van der Waals surface area contributed by atoms with Crippen molar-refractivity contribution in [1.82, 2.24) is 5.32 Å². The van der Waals surface area contributed by atoms with Crippen LogP contribution in [0.15, 0.2) is 23.2 Å². The summed E-state index contributed by atoms with van der Waals surface area (Å²) < 4.78 is 0. The number of hydrogen-bond donors (Lipinski definition) is 2. The fourth-order valence-electron chi connectivity index (χ4n) is 3.29. The van der Waals surface area contributed by atoms with Crippen molar-refractivity contribution in [1.29, 1.82) is 0 Å². The Morgan fingerprint density at radius 2 is 2.21 bits per heavy atom. The van der Waals surface area contributed by atoms with Crippen LogP contribution in [0.1, 0.15) is 43.7 Å². The summed E-state index contributed by atoms with van der Waals surface area (Å²) in [7, 11) is 0. The second-order valence-corrected chi connectivity index (χ2v) is 5.68. The van der Waals surface area contributed by atoms with Crippen LogP contribution in [0.25, 0.3) is 0 Å². The van der Waals surface area contributed by atoms with Gasteiger partial charge in [-0.3, -0.25) is 4.99 Å². The van der Waals surface area contributed by atoms with Crippen LogP contribution in [0.5, 0.6) is 5.75 Å². The van der Waals surface area contributed by atoms with Crippen molar-refractivity contribution in [3.63, 3.8) is 0 Å². The summed E-state index contributed by atoms with van der Waals surface area (Å²) in [6.45, 7) is 3.30. The molecule has 0 amide bonds. The van der Waals surface area contributed by atoms with Crippen molar-refractivity contribution in [3.8, 4) is 5.75 Å². The number of fused-ring (bicyclic) bond motifs is 1. The summed E-state index contributed by atoms with van der Waals surface area (Å²) in [5.41, 5.74) is 3.34. The maximum absolute atomic E-state index is 10.1. The quantitative estimate of drug-likeness (QED) is 0.856. The van der Waals surface area contributed by atoms with E-state index in [1.54, 1.807) is 6.07 Å². The number of aromatic hydroxyl groups is 1. The first-order valence-electron chi connectivity index (χ1n) is 7.37. The number of nitrogens with zero attached hydrogens (tertiary/aromatic N) is 1. The molecule has 1 aliphatic carbocycles. The number of hydrogen-bond acceptors (Lipinski definition) is 3. The van der Waals surface area contributed by atoms with E-state index in [1.165, 1.54) is 18.4 Å². The van der Waals surface area contributed by atoms with Crippen molar-refractivity contribution >= 4 is 5.71 Å². The van der Waals surface area contributed by atoms with Crippen molar-refractivity contribution in [3.05, 3.63) is 29.3 Å². The molecule has 0 spiro atoms. The van der Waals surface area contributed by atoms with Gasteiger partial charge in [-0.15, -0.1) is 0 Å². The minimum Gasteiger partial charge on any atom is -0.507 e. The lowest BCUT2D eigenvalue weighted by Crippen LogP contribution is -2.32. The maximum atomic E-state index is 10.1. The fourth-order valence-corrected chi connectivity index (χ4v) is 3.29. The zero-order chi connectivity index (χ0) is 13.2. The Bertz CT molecular complexity index is 490. The van der Waals surface area contributed by atoms with Gasteiger partial charge in [0.1, 0.15) is 5.75 Å². The van der Waals surface area contributed by atoms with E-state index in [9.17, 15) is 5.11 Å². The number of aliphatic imine (C=N–C) groups is 1. The molecule has 0 aromatic heterocycles. The Morgan fingerprint density at radius 3 is 3.00 bits per heavy atom. The third-order valence-corrected chi connectivity index (χ3v) is 4.32. The predicted octanol–water partition coefficient (Wildman–Crippen LogP) is 2.66. The van der Waals surface area contributed by atoms with E-state index in [0.717, 1.165) is 37.1 Å². The van der Waals surface area contributed by atoms with Crippen molar-refractivity contribution in [2.24, 2.45) is 4.99 Å². The predicted molar refractivity (Wildman–Crippen MR) is 78.1 cm³/mol. The van der Waals surface area contributed by atoms with Crippen molar-refractivity contribution < 1.29 is 5.11 Å². The molecule has 2 atom stereocenters. The van der Waals surface area contributed by atoms with Crippen LogP contribution < -0.4 is 5.32 Å². The van der Waals surface area contributed by atoms with Crippen LogP contribution in [-0.4, -0.2) is 29.4 Å². The number of aryl methyl sites for hydroxylation is 1. The Labute approximate surface area is 114 Å². The van der Waals surface area contributed by atoms with Crippen LogP contribution in [-0.2, 0) is 6.42 Å². The Hall–Kier alpha value is -1.35. The largest absolute Gasteiger partial charge is 0.507 e. The summed E-state index contributed by atoms with van der Waals surface area (Å²) in [4.78, 5) is 4.91. The molecular weight excluding hydrogens is 236 g/mol. The summed E-state index contributed by atoms with van der Waals surface area (Å²) in [6, 6.07) is 6.62. The monoisotopic (exact) mass is 258 g/mol. The van der Waals surface area contributed by atoms with Gasteiger partial charge in [0.25, 0.3) is 0 Å². The van der Waals surface area contributed by atoms with E-state index in [-0.39, 0.29) is 0 Å². The van der Waals surface area contributed by atoms with Gasteiger partial charge in [-0.2, -0.15) is 0 Å². The number of phenolic OH excluding ortho intramolecular Hbond substituents is 1. The first-order chi connectivity index (χ1) is 9.25. The van der Waals surface area contributed by atoms with Gasteiger partial charge >= 0.3 is 0 Å². The second-order valence-electron chi connectivity index (χ2n) is 5.68. The molecule has 0 bridgehead atoms. The second kappa shape index (κ2) is 5.33. The molecule has 2 N–H and O–H groups in total. The average molecular weight is 258 g/mol. The smallest absolute Gasteiger partial charge is 0.124 e. The standard InChI is InChI=1S/C16H22N2O/c1-11(13-8-4-10-17-13)18-14-7-2-5-12-6-3-9-15(19)16(12)14/h3,6,9,11,13,17,19H,2,4-5,7-8,10H2,1H3. The summed E-state index contributed by atoms with van der Waals surface area (Å²) in [6.07, 6.45) is 5.65. The first kappa shape index (κ1) is 12.7.